The predicted octanol–water partition coefficient (Wildman–Crippen LogP) is 22.5. The second kappa shape index (κ2) is 66.5. The third-order valence-electron chi connectivity index (χ3n) is 13.3. The van der Waals surface area contributed by atoms with E-state index < -0.39 is 6.10 Å². The highest BCUT2D eigenvalue weighted by molar-refractivity contribution is 5.71. The molecule has 0 aromatic carbocycles. The van der Waals surface area contributed by atoms with Crippen LogP contribution in [0, 0.1) is 0 Å². The minimum atomic E-state index is -0.816. The van der Waals surface area contributed by atoms with Gasteiger partial charge in [0.15, 0.2) is 6.10 Å². The highest BCUT2D eigenvalue weighted by Gasteiger charge is 2.19. The SMILES string of the molecule is CC/C=C\C/C=C\C/C=C\C/C=C\C/C=C\C/C=C\C/C=C\C/C=C\C/C=C\CCCC(=O)OCC(COC(=O)CCCCCCCCCCCCCCCC)OC(=O)CCCCCCCC/C=C\C/C=C\C/C=C\C/C=C\CC. The zero-order chi connectivity index (χ0) is 57.8. The molecule has 0 radical (unpaired) electrons. The van der Waals surface area contributed by atoms with E-state index in [1.54, 1.807) is 0 Å². The summed E-state index contributed by atoms with van der Waals surface area (Å²) >= 11 is 0. The molecule has 6 heteroatoms. The lowest BCUT2D eigenvalue weighted by Gasteiger charge is -2.18. The van der Waals surface area contributed by atoms with Crippen LogP contribution < -0.4 is 0 Å². The number of ether oxygens (including phenoxy) is 3. The van der Waals surface area contributed by atoms with Gasteiger partial charge in [0, 0.05) is 19.3 Å². The average Bonchev–Trinajstić information content (AvgIpc) is 3.46. The normalized spacial score (nSPS) is 13.2. The largest absolute Gasteiger partial charge is 0.462 e. The summed E-state index contributed by atoms with van der Waals surface area (Å²) < 4.78 is 16.9. The quantitative estimate of drug-likeness (QED) is 0.0261. The fourth-order valence-corrected chi connectivity index (χ4v) is 8.49. The second-order valence-corrected chi connectivity index (χ2v) is 20.9. The Morgan fingerprint density at radius 3 is 0.812 bits per heavy atom. The highest BCUT2D eigenvalue weighted by atomic mass is 16.6. The fourth-order valence-electron chi connectivity index (χ4n) is 8.49. The Kier molecular flexibility index (Phi) is 62.4. The number of rotatable bonds is 57. The van der Waals surface area contributed by atoms with Gasteiger partial charge < -0.3 is 14.2 Å². The molecule has 0 rings (SSSR count). The maximum absolute atomic E-state index is 12.9. The van der Waals surface area contributed by atoms with Crippen LogP contribution >= 0.6 is 0 Å². The van der Waals surface area contributed by atoms with Crippen LogP contribution in [0.5, 0.6) is 0 Å². The first-order valence-electron chi connectivity index (χ1n) is 32.5. The second-order valence-electron chi connectivity index (χ2n) is 20.9. The van der Waals surface area contributed by atoms with E-state index in [4.69, 9.17) is 14.2 Å². The molecule has 0 aliphatic rings. The van der Waals surface area contributed by atoms with E-state index in [1.165, 1.54) is 83.5 Å². The first kappa shape index (κ1) is 75.0. The molecule has 0 bridgehead atoms. The van der Waals surface area contributed by atoms with Crippen LogP contribution in [0.1, 0.15) is 271 Å². The lowest BCUT2D eigenvalue weighted by molar-refractivity contribution is -0.167. The molecule has 0 aliphatic carbocycles. The molecule has 0 saturated heterocycles. The summed E-state index contributed by atoms with van der Waals surface area (Å²) in [4.78, 5) is 38.3. The summed E-state index contributed by atoms with van der Waals surface area (Å²) in [5.74, 6) is -0.983. The van der Waals surface area contributed by atoms with Crippen LogP contribution in [0.3, 0.4) is 0 Å². The molecule has 0 saturated carbocycles. The molecule has 450 valence electrons. The smallest absolute Gasteiger partial charge is 0.306 e. The number of hydrogen-bond acceptors (Lipinski definition) is 6. The van der Waals surface area contributed by atoms with Crippen LogP contribution in [0.2, 0.25) is 0 Å². The van der Waals surface area contributed by atoms with Gasteiger partial charge in [0.2, 0.25) is 0 Å². The number of allylic oxidation sites excluding steroid dienone is 26. The van der Waals surface area contributed by atoms with Gasteiger partial charge in [-0.1, -0.05) is 288 Å². The van der Waals surface area contributed by atoms with Crippen LogP contribution in [-0.2, 0) is 28.6 Å². The van der Waals surface area contributed by atoms with Gasteiger partial charge in [-0.15, -0.1) is 0 Å². The summed E-state index contributed by atoms with van der Waals surface area (Å²) in [6.45, 7) is 6.36. The van der Waals surface area contributed by atoms with E-state index in [-0.39, 0.29) is 37.5 Å². The number of esters is 3. The molecule has 0 aromatic heterocycles. The Morgan fingerprint density at radius 1 is 0.263 bits per heavy atom. The van der Waals surface area contributed by atoms with Crippen LogP contribution in [0.4, 0.5) is 0 Å². The molecule has 1 atom stereocenters. The third-order valence-corrected chi connectivity index (χ3v) is 13.3. The minimum Gasteiger partial charge on any atom is -0.462 e. The summed E-state index contributed by atoms with van der Waals surface area (Å²) in [5.41, 5.74) is 0. The molecular formula is C74H118O6. The number of unbranched alkanes of at least 4 members (excludes halogenated alkanes) is 20. The Bertz CT molecular complexity index is 1790. The van der Waals surface area contributed by atoms with Gasteiger partial charge in [0.1, 0.15) is 13.2 Å². The number of carbonyl (C=O) groups excluding carboxylic acids is 3. The Morgan fingerprint density at radius 2 is 0.500 bits per heavy atom. The summed E-state index contributed by atoms with van der Waals surface area (Å²) in [6, 6.07) is 0. The van der Waals surface area contributed by atoms with Crippen molar-refractivity contribution in [3.8, 4) is 0 Å². The molecule has 6 nitrogen and oxygen atoms in total. The monoisotopic (exact) mass is 1100 g/mol. The number of carbonyl (C=O) groups is 3. The van der Waals surface area contributed by atoms with Gasteiger partial charge in [-0.2, -0.15) is 0 Å². The van der Waals surface area contributed by atoms with Crippen LogP contribution in [0.25, 0.3) is 0 Å². The van der Waals surface area contributed by atoms with E-state index in [2.05, 4.69) is 179 Å². The van der Waals surface area contributed by atoms with Crippen molar-refractivity contribution in [3.63, 3.8) is 0 Å². The maximum atomic E-state index is 12.9. The van der Waals surface area contributed by atoms with Gasteiger partial charge in [-0.05, 0) is 122 Å². The summed E-state index contributed by atoms with van der Waals surface area (Å²) in [7, 11) is 0. The zero-order valence-corrected chi connectivity index (χ0v) is 51.5. The predicted molar refractivity (Wildman–Crippen MR) is 348 cm³/mol. The van der Waals surface area contributed by atoms with Gasteiger partial charge in [-0.25, -0.2) is 0 Å². The van der Waals surface area contributed by atoms with Crippen molar-refractivity contribution >= 4 is 17.9 Å². The highest BCUT2D eigenvalue weighted by Crippen LogP contribution is 2.15. The van der Waals surface area contributed by atoms with Gasteiger partial charge in [-0.3, -0.25) is 14.4 Å². The third kappa shape index (κ3) is 63.9. The Labute approximate surface area is 492 Å². The van der Waals surface area contributed by atoms with E-state index in [1.807, 2.05) is 0 Å². The number of hydrogen-bond donors (Lipinski definition) is 0. The zero-order valence-electron chi connectivity index (χ0n) is 51.5. The first-order valence-corrected chi connectivity index (χ1v) is 32.5. The van der Waals surface area contributed by atoms with Crippen molar-refractivity contribution < 1.29 is 28.6 Å². The van der Waals surface area contributed by atoms with Crippen molar-refractivity contribution in [2.45, 2.75) is 277 Å². The Hall–Kier alpha value is -4.97. The van der Waals surface area contributed by atoms with E-state index in [0.29, 0.717) is 19.3 Å². The van der Waals surface area contributed by atoms with Crippen molar-refractivity contribution in [1.82, 2.24) is 0 Å². The average molecular weight is 1100 g/mol. The van der Waals surface area contributed by atoms with E-state index in [0.717, 1.165) is 141 Å². The standard InChI is InChI=1S/C74H118O6/c1-4-7-10-13-16-19-22-25-28-30-32-33-34-35-36-37-38-39-40-41-43-44-46-49-52-55-58-61-64-67-73(76)79-70-71(69-78-72(75)66-63-60-57-54-51-48-27-24-21-18-15-12-9-6-3)80-74(77)68-65-62-59-56-53-50-47-45-42-31-29-26-23-20-17-14-11-8-5-2/h7-8,10-11,16-17,19-20,25-26,28-29,32-33,35-36,38-39,41-43,45-46,49,55,58,71H,4-6,9,12-15,18,21-24,27,30-31,34,37,40,44,47-48,50-54,56-57,59-70H2,1-3H3/b10-7-,11-8-,19-16-,20-17-,28-25-,29-26-,33-32-,36-35-,39-38-,43-41-,45-42-,49-46-,58-55-. The van der Waals surface area contributed by atoms with Crippen LogP contribution in [0.15, 0.2) is 158 Å². The van der Waals surface area contributed by atoms with Gasteiger partial charge in [0.05, 0.1) is 0 Å². The Balaban J connectivity index is 4.49. The molecule has 0 N–H and O–H groups in total. The lowest BCUT2D eigenvalue weighted by Crippen LogP contribution is -2.30. The lowest BCUT2D eigenvalue weighted by atomic mass is 10.0. The van der Waals surface area contributed by atoms with Crippen molar-refractivity contribution in [2.24, 2.45) is 0 Å². The van der Waals surface area contributed by atoms with Crippen LogP contribution in [-0.4, -0.2) is 37.2 Å². The van der Waals surface area contributed by atoms with E-state index >= 15 is 0 Å². The first-order chi connectivity index (χ1) is 39.5. The van der Waals surface area contributed by atoms with Gasteiger partial charge >= 0.3 is 17.9 Å². The van der Waals surface area contributed by atoms with E-state index in [9.17, 15) is 14.4 Å². The maximum Gasteiger partial charge on any atom is 0.306 e. The minimum absolute atomic E-state index is 0.106. The molecule has 0 fully saturated rings. The molecule has 0 amide bonds. The van der Waals surface area contributed by atoms with Crippen molar-refractivity contribution in [3.05, 3.63) is 158 Å². The molecule has 80 heavy (non-hydrogen) atoms. The molecule has 1 unspecified atom stereocenters. The molecule has 0 spiro atoms. The molecule has 0 aromatic rings. The molecule has 0 heterocycles. The summed E-state index contributed by atoms with van der Waals surface area (Å²) in [5, 5.41) is 0. The molecular weight excluding hydrogens is 985 g/mol. The fraction of sp³-hybridized carbons (Fsp3) is 0.608. The topological polar surface area (TPSA) is 78.9 Å². The molecule has 0 aliphatic heterocycles. The van der Waals surface area contributed by atoms with Crippen molar-refractivity contribution in [1.29, 1.82) is 0 Å². The van der Waals surface area contributed by atoms with Crippen molar-refractivity contribution in [2.75, 3.05) is 13.2 Å². The van der Waals surface area contributed by atoms with Gasteiger partial charge in [0.25, 0.3) is 0 Å². The summed E-state index contributed by atoms with van der Waals surface area (Å²) in [6.07, 6.45) is 96.8.